The maximum Gasteiger partial charge on any atom is 0.172 e. The second-order valence-electron chi connectivity index (χ2n) is 2.49. The minimum atomic E-state index is -0.656. The van der Waals surface area contributed by atoms with Crippen molar-refractivity contribution in [3.63, 3.8) is 0 Å². The van der Waals surface area contributed by atoms with Gasteiger partial charge in [0.2, 0.25) is 0 Å². The van der Waals surface area contributed by atoms with Crippen LogP contribution < -0.4 is 0 Å². The fourth-order valence-corrected chi connectivity index (χ4v) is 1.57. The van der Waals surface area contributed by atoms with E-state index in [9.17, 15) is 9.50 Å². The second kappa shape index (κ2) is 3.93. The van der Waals surface area contributed by atoms with Crippen LogP contribution in [0.2, 0.25) is 0 Å². The largest absolute Gasteiger partial charge is 0.504 e. The van der Waals surface area contributed by atoms with E-state index in [4.69, 9.17) is 10.2 Å². The lowest BCUT2D eigenvalue weighted by Gasteiger charge is -2.07. The number of benzene rings is 1. The summed E-state index contributed by atoms with van der Waals surface area (Å²) in [6, 6.07) is 0.811. The van der Waals surface area contributed by atoms with E-state index in [1.54, 1.807) is 0 Å². The fourth-order valence-electron chi connectivity index (χ4n) is 0.977. The van der Waals surface area contributed by atoms with Crippen LogP contribution >= 0.6 is 15.9 Å². The molecule has 5 heteroatoms. The average Bonchev–Trinajstić information content (AvgIpc) is 2.09. The van der Waals surface area contributed by atoms with Gasteiger partial charge in [-0.2, -0.15) is 0 Å². The Morgan fingerprint density at radius 1 is 1.38 bits per heavy atom. The highest BCUT2D eigenvalue weighted by Gasteiger charge is 2.14. The Morgan fingerprint density at radius 3 is 2.54 bits per heavy atom. The first-order chi connectivity index (χ1) is 6.07. The Bertz CT molecular complexity index is 328. The topological polar surface area (TPSA) is 60.7 Å². The van der Waals surface area contributed by atoms with Gasteiger partial charge in [0.05, 0.1) is 4.47 Å². The molecule has 3 N–H and O–H groups in total. The molecule has 1 rings (SSSR count). The van der Waals surface area contributed by atoms with Crippen LogP contribution in [0.25, 0.3) is 0 Å². The average molecular weight is 251 g/mol. The molecule has 72 valence electrons. The molecule has 3 nitrogen and oxygen atoms in total. The molecule has 1 aromatic carbocycles. The van der Waals surface area contributed by atoms with Gasteiger partial charge in [0.15, 0.2) is 11.5 Å². The highest BCUT2D eigenvalue weighted by molar-refractivity contribution is 9.10. The second-order valence-corrected chi connectivity index (χ2v) is 3.29. The molecule has 0 bridgehead atoms. The SMILES string of the molecule is OCCc1c(F)cc(O)c(O)c1Br. The molecular weight excluding hydrogens is 243 g/mol. The standard InChI is InChI=1S/C8H8BrFO3/c9-7-4(1-2-11)5(10)3-6(12)8(7)13/h3,11-13H,1-2H2. The normalized spacial score (nSPS) is 10.4. The Hall–Kier alpha value is -0.810. The van der Waals surface area contributed by atoms with Crippen molar-refractivity contribution in [3.8, 4) is 11.5 Å². The van der Waals surface area contributed by atoms with Gasteiger partial charge in [-0.1, -0.05) is 0 Å². The third-order valence-corrected chi connectivity index (χ3v) is 2.48. The minimum absolute atomic E-state index is 0.0825. The van der Waals surface area contributed by atoms with E-state index < -0.39 is 17.3 Å². The molecule has 0 fully saturated rings. The lowest BCUT2D eigenvalue weighted by atomic mass is 10.1. The van der Waals surface area contributed by atoms with Gasteiger partial charge in [-0.15, -0.1) is 0 Å². The van der Waals surface area contributed by atoms with E-state index in [2.05, 4.69) is 15.9 Å². The Balaban J connectivity index is 3.26. The zero-order chi connectivity index (χ0) is 10.0. The molecule has 0 unspecified atom stereocenters. The third kappa shape index (κ3) is 1.92. The molecule has 0 aliphatic carbocycles. The minimum Gasteiger partial charge on any atom is -0.504 e. The maximum atomic E-state index is 13.1. The molecular formula is C8H8BrFO3. The smallest absolute Gasteiger partial charge is 0.172 e. The Kier molecular flexibility index (Phi) is 3.11. The van der Waals surface area contributed by atoms with Crippen molar-refractivity contribution in [2.24, 2.45) is 0 Å². The number of hydrogen-bond donors (Lipinski definition) is 3. The van der Waals surface area contributed by atoms with E-state index >= 15 is 0 Å². The lowest BCUT2D eigenvalue weighted by molar-refractivity contribution is 0.296. The summed E-state index contributed by atoms with van der Waals surface area (Å²) in [5.74, 6) is -1.59. The van der Waals surface area contributed by atoms with Gasteiger partial charge in [-0.25, -0.2) is 4.39 Å². The van der Waals surface area contributed by atoms with Crippen LogP contribution in [0.3, 0.4) is 0 Å². The number of phenolic OH excluding ortho intramolecular Hbond substituents is 2. The first-order valence-corrected chi connectivity index (χ1v) is 4.37. The van der Waals surface area contributed by atoms with Crippen molar-refractivity contribution >= 4 is 15.9 Å². The van der Waals surface area contributed by atoms with Gasteiger partial charge in [-0.3, -0.25) is 0 Å². The van der Waals surface area contributed by atoms with Crippen LogP contribution in [0.5, 0.6) is 11.5 Å². The van der Waals surface area contributed by atoms with Crippen LogP contribution in [-0.2, 0) is 6.42 Å². The van der Waals surface area contributed by atoms with Crippen molar-refractivity contribution in [3.05, 3.63) is 21.9 Å². The summed E-state index contributed by atoms with van der Waals surface area (Å²) in [7, 11) is 0. The van der Waals surface area contributed by atoms with Crippen LogP contribution in [-0.4, -0.2) is 21.9 Å². The molecule has 0 spiro atoms. The molecule has 0 aromatic heterocycles. The number of aromatic hydroxyl groups is 2. The molecule has 0 saturated heterocycles. The molecule has 0 atom stereocenters. The van der Waals surface area contributed by atoms with E-state index in [0.717, 1.165) is 6.07 Å². The van der Waals surface area contributed by atoms with Gasteiger partial charge in [0, 0.05) is 18.2 Å². The Labute approximate surface area is 82.6 Å². The highest BCUT2D eigenvalue weighted by atomic mass is 79.9. The summed E-state index contributed by atoms with van der Waals surface area (Å²) >= 11 is 2.92. The molecule has 0 saturated carbocycles. The Morgan fingerprint density at radius 2 is 2.00 bits per heavy atom. The number of aliphatic hydroxyl groups is 1. The van der Waals surface area contributed by atoms with Gasteiger partial charge in [-0.05, 0) is 22.4 Å². The van der Waals surface area contributed by atoms with E-state index in [-0.39, 0.29) is 23.1 Å². The predicted octanol–water partition coefficient (Wildman–Crippen LogP) is 1.53. The third-order valence-electron chi connectivity index (χ3n) is 1.63. The van der Waals surface area contributed by atoms with Crippen LogP contribution in [0.15, 0.2) is 10.5 Å². The monoisotopic (exact) mass is 250 g/mol. The predicted molar refractivity (Wildman–Crippen MR) is 48.2 cm³/mol. The number of rotatable bonds is 2. The summed E-state index contributed by atoms with van der Waals surface area (Å²) < 4.78 is 13.1. The lowest BCUT2D eigenvalue weighted by Crippen LogP contribution is -1.96. The van der Waals surface area contributed by atoms with Gasteiger partial charge in [0.1, 0.15) is 5.82 Å². The number of hydrogen-bond acceptors (Lipinski definition) is 3. The van der Waals surface area contributed by atoms with Gasteiger partial charge < -0.3 is 15.3 Å². The van der Waals surface area contributed by atoms with Gasteiger partial charge in [0.25, 0.3) is 0 Å². The summed E-state index contributed by atoms with van der Waals surface area (Å²) in [5.41, 5.74) is 0.151. The molecule has 0 heterocycles. The molecule has 0 aliphatic rings. The fraction of sp³-hybridized carbons (Fsp3) is 0.250. The maximum absolute atomic E-state index is 13.1. The van der Waals surface area contributed by atoms with Gasteiger partial charge >= 0.3 is 0 Å². The van der Waals surface area contributed by atoms with E-state index in [1.165, 1.54) is 0 Å². The zero-order valence-corrected chi connectivity index (χ0v) is 8.18. The van der Waals surface area contributed by atoms with Crippen LogP contribution in [0.4, 0.5) is 4.39 Å². The highest BCUT2D eigenvalue weighted by Crippen LogP contribution is 2.37. The zero-order valence-electron chi connectivity index (χ0n) is 6.59. The van der Waals surface area contributed by atoms with Crippen molar-refractivity contribution < 1.29 is 19.7 Å². The summed E-state index contributed by atoms with van der Waals surface area (Å²) in [6.07, 6.45) is 0.0836. The van der Waals surface area contributed by atoms with Crippen LogP contribution in [0, 0.1) is 5.82 Å². The first kappa shape index (κ1) is 10.3. The number of aliphatic hydroxyl groups excluding tert-OH is 1. The van der Waals surface area contributed by atoms with Crippen LogP contribution in [0.1, 0.15) is 5.56 Å². The summed E-state index contributed by atoms with van der Waals surface area (Å²) in [6.45, 7) is -0.222. The molecule has 1 aromatic rings. The van der Waals surface area contributed by atoms with Crippen molar-refractivity contribution in [1.82, 2.24) is 0 Å². The summed E-state index contributed by atoms with van der Waals surface area (Å²) in [5, 5.41) is 26.8. The van der Waals surface area contributed by atoms with Crippen molar-refractivity contribution in [2.45, 2.75) is 6.42 Å². The van der Waals surface area contributed by atoms with E-state index in [0.29, 0.717) is 0 Å². The number of halogens is 2. The van der Waals surface area contributed by atoms with Crippen molar-refractivity contribution in [1.29, 1.82) is 0 Å². The first-order valence-electron chi connectivity index (χ1n) is 3.57. The molecule has 0 amide bonds. The number of phenols is 2. The summed E-state index contributed by atoms with van der Waals surface area (Å²) in [4.78, 5) is 0. The van der Waals surface area contributed by atoms with E-state index in [1.807, 2.05) is 0 Å². The quantitative estimate of drug-likeness (QED) is 0.698. The molecule has 0 aliphatic heterocycles. The molecule has 13 heavy (non-hydrogen) atoms. The van der Waals surface area contributed by atoms with Crippen molar-refractivity contribution in [2.75, 3.05) is 6.61 Å². The molecule has 0 radical (unpaired) electrons.